The average Bonchev–Trinajstić information content (AvgIpc) is 2.60. The van der Waals surface area contributed by atoms with Crippen LogP contribution in [0.25, 0.3) is 0 Å². The minimum absolute atomic E-state index is 0.0678. The number of nitro benzene ring substituents is 2. The van der Waals surface area contributed by atoms with Crippen molar-refractivity contribution in [1.82, 2.24) is 4.90 Å². The molecule has 0 bridgehead atoms. The van der Waals surface area contributed by atoms with Crippen LogP contribution in [-0.2, 0) is 0 Å². The molecule has 0 aliphatic heterocycles. The van der Waals surface area contributed by atoms with Crippen LogP contribution in [0.1, 0.15) is 15.9 Å². The number of amides is 1. The number of carbonyl (C=O) groups is 1. The quantitative estimate of drug-likeness (QED) is 0.524. The monoisotopic (exact) mass is 393 g/mol. The molecule has 0 atom stereocenters. The van der Waals surface area contributed by atoms with Crippen molar-refractivity contribution in [2.45, 2.75) is 6.92 Å². The van der Waals surface area contributed by atoms with E-state index in [0.29, 0.717) is 10.8 Å². The van der Waals surface area contributed by atoms with Crippen LogP contribution in [0, 0.1) is 27.2 Å². The van der Waals surface area contributed by atoms with Gasteiger partial charge in [0.05, 0.1) is 28.0 Å². The Labute approximate surface area is 159 Å². The fourth-order valence-corrected chi connectivity index (χ4v) is 2.55. The number of hydrogen-bond donors (Lipinski definition) is 0. The van der Waals surface area contributed by atoms with E-state index in [4.69, 9.17) is 16.3 Å². The van der Waals surface area contributed by atoms with Crippen LogP contribution in [0.15, 0.2) is 36.4 Å². The summed E-state index contributed by atoms with van der Waals surface area (Å²) in [5, 5.41) is 22.7. The summed E-state index contributed by atoms with van der Waals surface area (Å²) in [5.41, 5.74) is -1.02. The highest BCUT2D eigenvalue weighted by Gasteiger charge is 2.26. The number of likely N-dealkylation sites (N-methyl/N-ethyl adjacent to an activating group) is 1. The first-order valence-electron chi connectivity index (χ1n) is 7.78. The molecule has 0 fully saturated rings. The molecule has 0 radical (unpaired) electrons. The molecular formula is C17H16ClN3O6. The van der Waals surface area contributed by atoms with E-state index in [2.05, 4.69) is 0 Å². The van der Waals surface area contributed by atoms with Gasteiger partial charge in [-0.05, 0) is 25.1 Å². The van der Waals surface area contributed by atoms with Gasteiger partial charge >= 0.3 is 0 Å². The van der Waals surface area contributed by atoms with E-state index in [1.807, 2.05) is 0 Å². The van der Waals surface area contributed by atoms with Crippen molar-refractivity contribution in [2.75, 3.05) is 20.2 Å². The Bertz CT molecular complexity index is 902. The van der Waals surface area contributed by atoms with Crippen molar-refractivity contribution in [1.29, 1.82) is 0 Å². The first-order valence-corrected chi connectivity index (χ1v) is 8.15. The van der Waals surface area contributed by atoms with Gasteiger partial charge in [-0.25, -0.2) is 0 Å². The molecule has 10 heteroatoms. The topological polar surface area (TPSA) is 116 Å². The fraction of sp³-hybridized carbons (Fsp3) is 0.235. The number of hydrogen-bond acceptors (Lipinski definition) is 6. The molecule has 2 aromatic carbocycles. The lowest BCUT2D eigenvalue weighted by atomic mass is 10.0. The zero-order chi connectivity index (χ0) is 20.1. The lowest BCUT2D eigenvalue weighted by molar-refractivity contribution is -0.394. The largest absolute Gasteiger partial charge is 0.492 e. The van der Waals surface area contributed by atoms with Gasteiger partial charge in [0, 0.05) is 23.7 Å². The normalized spacial score (nSPS) is 10.3. The maximum absolute atomic E-state index is 12.6. The third-order valence-electron chi connectivity index (χ3n) is 3.84. The summed E-state index contributed by atoms with van der Waals surface area (Å²) in [6, 6.07) is 8.63. The van der Waals surface area contributed by atoms with Gasteiger partial charge in [-0.15, -0.1) is 0 Å². The van der Waals surface area contributed by atoms with Crippen LogP contribution in [0.4, 0.5) is 11.4 Å². The summed E-state index contributed by atoms with van der Waals surface area (Å²) in [5.74, 6) is -0.0421. The first kappa shape index (κ1) is 20.1. The number of non-ortho nitro benzene ring substituents is 1. The van der Waals surface area contributed by atoms with Crippen LogP contribution in [0.5, 0.6) is 5.75 Å². The van der Waals surface area contributed by atoms with Gasteiger partial charge in [0.25, 0.3) is 17.3 Å². The summed E-state index contributed by atoms with van der Waals surface area (Å²) in [6.07, 6.45) is 0. The average molecular weight is 394 g/mol. The molecule has 2 aromatic rings. The second-order valence-electron chi connectivity index (χ2n) is 5.68. The maximum atomic E-state index is 12.6. The van der Waals surface area contributed by atoms with Gasteiger partial charge in [0.1, 0.15) is 12.4 Å². The Hall–Kier alpha value is -3.20. The number of benzene rings is 2. The zero-order valence-electron chi connectivity index (χ0n) is 14.5. The summed E-state index contributed by atoms with van der Waals surface area (Å²) >= 11 is 5.86. The molecule has 0 aliphatic rings. The summed E-state index contributed by atoms with van der Waals surface area (Å²) in [7, 11) is 1.48. The van der Waals surface area contributed by atoms with E-state index in [1.54, 1.807) is 24.3 Å². The Kier molecular flexibility index (Phi) is 6.30. The second-order valence-corrected chi connectivity index (χ2v) is 6.12. The van der Waals surface area contributed by atoms with Gasteiger partial charge in [-0.2, -0.15) is 0 Å². The SMILES string of the molecule is Cc1c(C(=O)N(C)CCOc2cccc(Cl)c2)cc([N+](=O)[O-])cc1[N+](=O)[O-]. The van der Waals surface area contributed by atoms with Gasteiger partial charge in [-0.3, -0.25) is 25.0 Å². The smallest absolute Gasteiger partial charge is 0.279 e. The number of nitrogens with zero attached hydrogens (tertiary/aromatic N) is 3. The highest BCUT2D eigenvalue weighted by atomic mass is 35.5. The lowest BCUT2D eigenvalue weighted by Crippen LogP contribution is -2.31. The molecule has 0 spiro atoms. The highest BCUT2D eigenvalue weighted by molar-refractivity contribution is 6.30. The number of halogens is 1. The summed E-state index contributed by atoms with van der Waals surface area (Å²) in [6.45, 7) is 1.70. The molecule has 0 aliphatic carbocycles. The predicted octanol–water partition coefficient (Wildman–Crippen LogP) is 3.62. The van der Waals surface area contributed by atoms with Crippen molar-refractivity contribution >= 4 is 28.9 Å². The Morgan fingerprint density at radius 3 is 2.48 bits per heavy atom. The van der Waals surface area contributed by atoms with E-state index >= 15 is 0 Å². The molecule has 0 saturated heterocycles. The Morgan fingerprint density at radius 1 is 1.19 bits per heavy atom. The van der Waals surface area contributed by atoms with E-state index in [-0.39, 0.29) is 24.3 Å². The number of carbonyl (C=O) groups excluding carboxylic acids is 1. The molecule has 9 nitrogen and oxygen atoms in total. The van der Waals surface area contributed by atoms with Crippen LogP contribution < -0.4 is 4.74 Å². The van der Waals surface area contributed by atoms with Crippen molar-refractivity contribution in [3.63, 3.8) is 0 Å². The van der Waals surface area contributed by atoms with Crippen molar-refractivity contribution in [3.8, 4) is 5.75 Å². The molecule has 0 saturated carbocycles. The van der Waals surface area contributed by atoms with Crippen molar-refractivity contribution < 1.29 is 19.4 Å². The summed E-state index contributed by atoms with van der Waals surface area (Å²) in [4.78, 5) is 34.5. The van der Waals surface area contributed by atoms with Crippen molar-refractivity contribution in [3.05, 3.63) is 72.8 Å². The molecule has 0 unspecified atom stereocenters. The minimum Gasteiger partial charge on any atom is -0.492 e. The highest BCUT2D eigenvalue weighted by Crippen LogP contribution is 2.28. The third-order valence-corrected chi connectivity index (χ3v) is 4.08. The first-order chi connectivity index (χ1) is 12.7. The molecular weight excluding hydrogens is 378 g/mol. The third kappa shape index (κ3) is 4.91. The van der Waals surface area contributed by atoms with E-state index < -0.39 is 27.1 Å². The summed E-state index contributed by atoms with van der Waals surface area (Å²) < 4.78 is 5.50. The predicted molar refractivity (Wildman–Crippen MR) is 98.4 cm³/mol. The number of nitro groups is 2. The van der Waals surface area contributed by atoms with Gasteiger partial charge in [0.15, 0.2) is 0 Å². The Balaban J connectivity index is 2.15. The fourth-order valence-electron chi connectivity index (χ4n) is 2.37. The zero-order valence-corrected chi connectivity index (χ0v) is 15.3. The number of ether oxygens (including phenoxy) is 1. The number of rotatable bonds is 7. The minimum atomic E-state index is -0.772. The van der Waals surface area contributed by atoms with Gasteiger partial charge < -0.3 is 9.64 Å². The molecule has 1 amide bonds. The van der Waals surface area contributed by atoms with E-state index in [0.717, 1.165) is 12.1 Å². The molecule has 142 valence electrons. The maximum Gasteiger partial charge on any atom is 0.279 e. The molecule has 0 aromatic heterocycles. The second kappa shape index (κ2) is 8.45. The van der Waals surface area contributed by atoms with Crippen molar-refractivity contribution in [2.24, 2.45) is 0 Å². The van der Waals surface area contributed by atoms with Crippen LogP contribution in [0.3, 0.4) is 0 Å². The van der Waals surface area contributed by atoms with Crippen LogP contribution in [0.2, 0.25) is 5.02 Å². The van der Waals surface area contributed by atoms with E-state index in [9.17, 15) is 25.0 Å². The standard InChI is InChI=1S/C17H16ClN3O6/c1-11-15(9-13(20(23)24)10-16(11)21(25)26)17(22)19(2)6-7-27-14-5-3-4-12(18)8-14/h3-5,8-10H,6-7H2,1-2H3. The molecule has 0 N–H and O–H groups in total. The molecule has 2 rings (SSSR count). The molecule has 0 heterocycles. The lowest BCUT2D eigenvalue weighted by Gasteiger charge is -2.18. The van der Waals surface area contributed by atoms with Crippen LogP contribution in [-0.4, -0.2) is 40.9 Å². The van der Waals surface area contributed by atoms with E-state index in [1.165, 1.54) is 18.9 Å². The van der Waals surface area contributed by atoms with Gasteiger partial charge in [0.2, 0.25) is 0 Å². The van der Waals surface area contributed by atoms with Crippen LogP contribution >= 0.6 is 11.6 Å². The Morgan fingerprint density at radius 2 is 1.89 bits per heavy atom. The van der Waals surface area contributed by atoms with Gasteiger partial charge in [-0.1, -0.05) is 17.7 Å². The molecule has 27 heavy (non-hydrogen) atoms.